The summed E-state index contributed by atoms with van der Waals surface area (Å²) in [6.45, 7) is 2.32. The van der Waals surface area contributed by atoms with Gasteiger partial charge in [-0.05, 0) is 43.0 Å². The third kappa shape index (κ3) is 4.74. The number of para-hydroxylation sites is 2. The molecule has 1 aromatic heterocycles. The summed E-state index contributed by atoms with van der Waals surface area (Å²) in [5, 5.41) is 5.04. The second-order valence-corrected chi connectivity index (χ2v) is 6.97. The largest absolute Gasteiger partial charge is 0.493 e. The zero-order chi connectivity index (χ0) is 17.5. The van der Waals surface area contributed by atoms with Crippen LogP contribution in [0.3, 0.4) is 0 Å². The van der Waals surface area contributed by atoms with Crippen molar-refractivity contribution in [1.82, 2.24) is 10.2 Å². The molecule has 1 atom stereocenters. The number of benzene rings is 1. The standard InChI is InChI=1S/C19H24N2O3S/c1-23-16-7-2-3-8-17(16)24-12-10-20-19(22)14-21-11-4-6-15(21)18-9-5-13-25-18/h2-3,5,7-9,13,15H,4,6,10-12,14H2,1H3,(H,20,22)/t15-/m1/s1. The molecule has 0 radical (unpaired) electrons. The normalized spacial score (nSPS) is 17.4. The van der Waals surface area contributed by atoms with Gasteiger partial charge in [0.2, 0.25) is 5.91 Å². The summed E-state index contributed by atoms with van der Waals surface area (Å²) in [4.78, 5) is 15.8. The summed E-state index contributed by atoms with van der Waals surface area (Å²) in [5.41, 5.74) is 0. The Hall–Kier alpha value is -2.05. The quantitative estimate of drug-likeness (QED) is 0.735. The van der Waals surface area contributed by atoms with Crippen LogP contribution < -0.4 is 14.8 Å². The molecular formula is C19H24N2O3S. The van der Waals surface area contributed by atoms with Crippen molar-refractivity contribution >= 4 is 17.2 Å². The molecule has 1 saturated heterocycles. The molecule has 25 heavy (non-hydrogen) atoms. The van der Waals surface area contributed by atoms with Gasteiger partial charge in [-0.3, -0.25) is 9.69 Å². The Morgan fingerprint density at radius 3 is 2.88 bits per heavy atom. The molecule has 1 aromatic carbocycles. The smallest absolute Gasteiger partial charge is 0.234 e. The number of nitrogens with one attached hydrogen (secondary N) is 1. The molecule has 0 spiro atoms. The Labute approximate surface area is 152 Å². The van der Waals surface area contributed by atoms with Crippen LogP contribution in [0.5, 0.6) is 11.5 Å². The monoisotopic (exact) mass is 360 g/mol. The third-order valence-electron chi connectivity index (χ3n) is 4.33. The number of likely N-dealkylation sites (tertiary alicyclic amines) is 1. The number of carbonyl (C=O) groups excluding carboxylic acids is 1. The number of rotatable bonds is 8. The number of carbonyl (C=O) groups is 1. The van der Waals surface area contributed by atoms with Crippen molar-refractivity contribution in [3.8, 4) is 11.5 Å². The SMILES string of the molecule is COc1ccccc1OCCNC(=O)CN1CCC[C@@H]1c1cccs1. The lowest BCUT2D eigenvalue weighted by molar-refractivity contribution is -0.122. The van der Waals surface area contributed by atoms with Crippen molar-refractivity contribution in [2.45, 2.75) is 18.9 Å². The van der Waals surface area contributed by atoms with Crippen LogP contribution in [0.2, 0.25) is 0 Å². The molecule has 0 unspecified atom stereocenters. The molecule has 134 valence electrons. The lowest BCUT2D eigenvalue weighted by Gasteiger charge is -2.22. The average Bonchev–Trinajstić information content (AvgIpc) is 3.30. The van der Waals surface area contributed by atoms with E-state index < -0.39 is 0 Å². The molecule has 2 aromatic rings. The van der Waals surface area contributed by atoms with E-state index in [0.29, 0.717) is 37.2 Å². The highest BCUT2D eigenvalue weighted by Gasteiger charge is 2.27. The lowest BCUT2D eigenvalue weighted by Crippen LogP contribution is -2.38. The number of amides is 1. The van der Waals surface area contributed by atoms with Gasteiger partial charge >= 0.3 is 0 Å². The van der Waals surface area contributed by atoms with E-state index in [2.05, 4.69) is 27.7 Å². The molecule has 0 bridgehead atoms. The fourth-order valence-corrected chi connectivity index (χ4v) is 4.04. The molecule has 3 rings (SSSR count). The van der Waals surface area contributed by atoms with E-state index in [1.54, 1.807) is 18.4 Å². The van der Waals surface area contributed by atoms with Gasteiger partial charge in [0, 0.05) is 10.9 Å². The molecule has 1 N–H and O–H groups in total. The average molecular weight is 360 g/mol. The van der Waals surface area contributed by atoms with Crippen LogP contribution in [0.1, 0.15) is 23.8 Å². The minimum absolute atomic E-state index is 0.0482. The molecule has 1 amide bonds. The summed E-state index contributed by atoms with van der Waals surface area (Å²) in [6.07, 6.45) is 2.28. The number of ether oxygens (including phenoxy) is 2. The third-order valence-corrected chi connectivity index (χ3v) is 5.31. The molecular weight excluding hydrogens is 336 g/mol. The van der Waals surface area contributed by atoms with E-state index in [1.165, 1.54) is 4.88 Å². The van der Waals surface area contributed by atoms with Crippen molar-refractivity contribution in [2.24, 2.45) is 0 Å². The van der Waals surface area contributed by atoms with E-state index in [-0.39, 0.29) is 5.91 Å². The van der Waals surface area contributed by atoms with Crippen LogP contribution in [-0.4, -0.2) is 44.2 Å². The van der Waals surface area contributed by atoms with E-state index in [4.69, 9.17) is 9.47 Å². The maximum absolute atomic E-state index is 12.2. The molecule has 1 aliphatic rings. The minimum atomic E-state index is 0.0482. The van der Waals surface area contributed by atoms with Crippen LogP contribution in [0, 0.1) is 0 Å². The van der Waals surface area contributed by atoms with Gasteiger partial charge in [0.1, 0.15) is 6.61 Å². The first-order valence-corrected chi connectivity index (χ1v) is 9.46. The number of hydrogen-bond acceptors (Lipinski definition) is 5. The van der Waals surface area contributed by atoms with Gasteiger partial charge in [-0.2, -0.15) is 0 Å². The maximum Gasteiger partial charge on any atom is 0.234 e. The molecule has 0 aliphatic carbocycles. The van der Waals surface area contributed by atoms with E-state index in [0.717, 1.165) is 19.4 Å². The predicted molar refractivity (Wildman–Crippen MR) is 99.4 cm³/mol. The number of methoxy groups -OCH3 is 1. The first-order valence-electron chi connectivity index (χ1n) is 8.58. The van der Waals surface area contributed by atoms with E-state index in [9.17, 15) is 4.79 Å². The summed E-state index contributed by atoms with van der Waals surface area (Å²) in [5.74, 6) is 1.44. The van der Waals surface area contributed by atoms with Gasteiger partial charge < -0.3 is 14.8 Å². The second-order valence-electron chi connectivity index (χ2n) is 5.99. The number of nitrogens with zero attached hydrogens (tertiary/aromatic N) is 1. The zero-order valence-corrected chi connectivity index (χ0v) is 15.3. The van der Waals surface area contributed by atoms with Crippen molar-refractivity contribution < 1.29 is 14.3 Å². The zero-order valence-electron chi connectivity index (χ0n) is 14.4. The molecule has 6 heteroatoms. The highest BCUT2D eigenvalue weighted by molar-refractivity contribution is 7.10. The van der Waals surface area contributed by atoms with Crippen molar-refractivity contribution in [3.05, 3.63) is 46.7 Å². The second kappa shape index (κ2) is 8.87. The molecule has 0 saturated carbocycles. The van der Waals surface area contributed by atoms with Crippen LogP contribution in [0.15, 0.2) is 41.8 Å². The summed E-state index contributed by atoms with van der Waals surface area (Å²) in [7, 11) is 1.62. The number of hydrogen-bond donors (Lipinski definition) is 1. The Morgan fingerprint density at radius 1 is 1.28 bits per heavy atom. The fourth-order valence-electron chi connectivity index (χ4n) is 3.15. The summed E-state index contributed by atoms with van der Waals surface area (Å²) >= 11 is 1.77. The first kappa shape index (κ1) is 17.8. The van der Waals surface area contributed by atoms with Gasteiger partial charge in [0.15, 0.2) is 11.5 Å². The summed E-state index contributed by atoms with van der Waals surface area (Å²) in [6, 6.07) is 12.1. The van der Waals surface area contributed by atoms with Crippen LogP contribution >= 0.6 is 11.3 Å². The topological polar surface area (TPSA) is 50.8 Å². The van der Waals surface area contributed by atoms with Crippen LogP contribution in [0.25, 0.3) is 0 Å². The highest BCUT2D eigenvalue weighted by atomic mass is 32.1. The summed E-state index contributed by atoms with van der Waals surface area (Å²) < 4.78 is 10.9. The first-order chi connectivity index (χ1) is 12.3. The van der Waals surface area contributed by atoms with E-state index in [1.807, 2.05) is 24.3 Å². The Kier molecular flexibility index (Phi) is 6.30. The van der Waals surface area contributed by atoms with Crippen LogP contribution in [-0.2, 0) is 4.79 Å². The van der Waals surface area contributed by atoms with Gasteiger partial charge in [-0.15, -0.1) is 11.3 Å². The van der Waals surface area contributed by atoms with Gasteiger partial charge in [-0.1, -0.05) is 18.2 Å². The van der Waals surface area contributed by atoms with E-state index >= 15 is 0 Å². The molecule has 5 nitrogen and oxygen atoms in total. The molecule has 2 heterocycles. The van der Waals surface area contributed by atoms with Crippen molar-refractivity contribution in [3.63, 3.8) is 0 Å². The molecule has 1 aliphatic heterocycles. The predicted octanol–water partition coefficient (Wildman–Crippen LogP) is 3.09. The minimum Gasteiger partial charge on any atom is -0.493 e. The maximum atomic E-state index is 12.2. The van der Waals surface area contributed by atoms with Gasteiger partial charge in [0.25, 0.3) is 0 Å². The van der Waals surface area contributed by atoms with Crippen LogP contribution in [0.4, 0.5) is 0 Å². The fraction of sp³-hybridized carbons (Fsp3) is 0.421. The molecule has 1 fully saturated rings. The number of thiophene rings is 1. The van der Waals surface area contributed by atoms with Gasteiger partial charge in [0.05, 0.1) is 20.2 Å². The Bertz CT molecular complexity index is 675. The van der Waals surface area contributed by atoms with Crippen molar-refractivity contribution in [2.75, 3.05) is 33.4 Å². The van der Waals surface area contributed by atoms with Gasteiger partial charge in [-0.25, -0.2) is 0 Å². The van der Waals surface area contributed by atoms with Crippen molar-refractivity contribution in [1.29, 1.82) is 0 Å². The Balaban J connectivity index is 1.41. The lowest BCUT2D eigenvalue weighted by atomic mass is 10.2. The Morgan fingerprint density at radius 2 is 2.12 bits per heavy atom. The highest BCUT2D eigenvalue weighted by Crippen LogP contribution is 2.33.